The molecule has 0 aliphatic carbocycles. The summed E-state index contributed by atoms with van der Waals surface area (Å²) in [5.74, 6) is -1.86. The van der Waals surface area contributed by atoms with Crippen molar-refractivity contribution >= 4 is 29.7 Å². The Morgan fingerprint density at radius 2 is 0.952 bits per heavy atom. The molecule has 8 heteroatoms. The minimum Gasteiger partial charge on any atom is -0.452 e. The first-order chi connectivity index (χ1) is 20.5. The Hall–Kier alpha value is -4.40. The summed E-state index contributed by atoms with van der Waals surface area (Å²) in [5, 5.41) is 0. The van der Waals surface area contributed by atoms with Gasteiger partial charge in [0.2, 0.25) is 0 Å². The summed E-state index contributed by atoms with van der Waals surface area (Å²) >= 11 is 1.34. The van der Waals surface area contributed by atoms with E-state index in [4.69, 9.17) is 18.9 Å². The highest BCUT2D eigenvalue weighted by Gasteiger charge is 2.52. The van der Waals surface area contributed by atoms with E-state index >= 15 is 0 Å². The van der Waals surface area contributed by atoms with E-state index in [-0.39, 0.29) is 0 Å². The summed E-state index contributed by atoms with van der Waals surface area (Å²) in [6, 6.07) is 35.1. The van der Waals surface area contributed by atoms with E-state index in [1.54, 1.807) is 91.0 Å². The van der Waals surface area contributed by atoms with Gasteiger partial charge in [0.1, 0.15) is 5.44 Å². The van der Waals surface area contributed by atoms with Gasteiger partial charge in [0.05, 0.1) is 22.8 Å². The van der Waals surface area contributed by atoms with E-state index in [1.165, 1.54) is 11.8 Å². The van der Waals surface area contributed by atoms with E-state index in [1.807, 2.05) is 37.3 Å². The van der Waals surface area contributed by atoms with E-state index in [9.17, 15) is 14.4 Å². The molecule has 4 aromatic rings. The van der Waals surface area contributed by atoms with Crippen LogP contribution in [0.15, 0.2) is 126 Å². The maximum atomic E-state index is 13.4. The van der Waals surface area contributed by atoms with Gasteiger partial charge in [-0.15, -0.1) is 0 Å². The van der Waals surface area contributed by atoms with Gasteiger partial charge in [0.25, 0.3) is 0 Å². The van der Waals surface area contributed by atoms with Gasteiger partial charge >= 0.3 is 17.9 Å². The van der Waals surface area contributed by atoms with Gasteiger partial charge in [-0.25, -0.2) is 14.4 Å². The van der Waals surface area contributed by atoms with Crippen LogP contribution in [-0.4, -0.2) is 47.8 Å². The molecule has 1 heterocycles. The van der Waals surface area contributed by atoms with Gasteiger partial charge in [-0.3, -0.25) is 0 Å². The lowest BCUT2D eigenvalue weighted by atomic mass is 9.97. The molecule has 42 heavy (non-hydrogen) atoms. The highest BCUT2D eigenvalue weighted by Crippen LogP contribution is 2.39. The van der Waals surface area contributed by atoms with E-state index in [2.05, 4.69) is 0 Å². The topological polar surface area (TPSA) is 88.1 Å². The van der Waals surface area contributed by atoms with Crippen LogP contribution in [0.1, 0.15) is 44.4 Å². The molecule has 1 aliphatic rings. The predicted molar refractivity (Wildman–Crippen MR) is 158 cm³/mol. The van der Waals surface area contributed by atoms with Gasteiger partial charge < -0.3 is 18.9 Å². The lowest BCUT2D eigenvalue weighted by Gasteiger charge is -2.44. The van der Waals surface area contributed by atoms with Crippen LogP contribution in [-0.2, 0) is 18.9 Å². The summed E-state index contributed by atoms with van der Waals surface area (Å²) in [6.07, 6.45) is -3.56. The third-order valence-corrected chi connectivity index (χ3v) is 7.90. The molecule has 0 spiro atoms. The van der Waals surface area contributed by atoms with Gasteiger partial charge in [0.15, 0.2) is 18.3 Å². The first kappa shape index (κ1) is 29.1. The van der Waals surface area contributed by atoms with Crippen LogP contribution in [0, 0.1) is 0 Å². The van der Waals surface area contributed by atoms with Crippen molar-refractivity contribution in [1.29, 1.82) is 0 Å². The van der Waals surface area contributed by atoms with Crippen LogP contribution in [0.3, 0.4) is 0 Å². The molecule has 4 aromatic carbocycles. The van der Waals surface area contributed by atoms with E-state index in [0.29, 0.717) is 23.1 Å². The predicted octanol–water partition coefficient (Wildman–Crippen LogP) is 6.59. The van der Waals surface area contributed by atoms with Crippen LogP contribution >= 0.6 is 11.8 Å². The van der Waals surface area contributed by atoms with Crippen LogP contribution in [0.2, 0.25) is 0 Å². The standard InChI is InChI=1S/C34H30O7S/c1-2-27-28(39-31(35)23-15-7-3-8-16-23)29(40-32(36)24-17-9-4-10-18-24)30(41-33(37)25-19-11-5-12-20-25)34(38-27)42-26-21-13-6-14-22-26/h3-22,27-30,34H,2H2,1H3/t27?,28-,29-,30+,34?/m1/s1. The third kappa shape index (κ3) is 7.08. The summed E-state index contributed by atoms with van der Waals surface area (Å²) in [5.41, 5.74) is 0.194. The fourth-order valence-electron chi connectivity index (χ4n) is 4.63. The molecule has 214 valence electrons. The smallest absolute Gasteiger partial charge is 0.338 e. The number of hydrogen-bond acceptors (Lipinski definition) is 8. The number of carbonyl (C=O) groups is 3. The second-order valence-corrected chi connectivity index (χ2v) is 10.8. The SMILES string of the molecule is CCC1OC(Sc2ccccc2)[C@@H](OC(=O)c2ccccc2)[C@H](OC(=O)c2ccccc2)[C@@H]1OC(=O)c1ccccc1. The van der Waals surface area contributed by atoms with Gasteiger partial charge in [0, 0.05) is 4.90 Å². The third-order valence-electron chi connectivity index (χ3n) is 6.75. The van der Waals surface area contributed by atoms with Gasteiger partial charge in [-0.1, -0.05) is 91.5 Å². The number of carbonyl (C=O) groups excluding carboxylic acids is 3. The fraction of sp³-hybridized carbons (Fsp3) is 0.206. The molecule has 0 bridgehead atoms. The Balaban J connectivity index is 1.54. The minimum atomic E-state index is -1.17. The lowest BCUT2D eigenvalue weighted by Crippen LogP contribution is -2.60. The van der Waals surface area contributed by atoms with Crippen molar-refractivity contribution in [3.05, 3.63) is 138 Å². The molecule has 0 aromatic heterocycles. The molecule has 1 fully saturated rings. The zero-order valence-corrected chi connectivity index (χ0v) is 23.7. The van der Waals surface area contributed by atoms with Crippen LogP contribution in [0.4, 0.5) is 0 Å². The molecule has 0 saturated carbocycles. The quantitative estimate of drug-likeness (QED) is 0.161. The molecule has 1 aliphatic heterocycles. The highest BCUT2D eigenvalue weighted by atomic mass is 32.2. The number of benzene rings is 4. The van der Waals surface area contributed by atoms with E-state index in [0.717, 1.165) is 4.90 Å². The van der Waals surface area contributed by atoms with Crippen LogP contribution in [0.25, 0.3) is 0 Å². The van der Waals surface area contributed by atoms with E-state index < -0.39 is 47.8 Å². The molecule has 0 N–H and O–H groups in total. The Morgan fingerprint density at radius 3 is 1.38 bits per heavy atom. The Labute approximate surface area is 248 Å². The van der Waals surface area contributed by atoms with Crippen molar-refractivity contribution in [2.24, 2.45) is 0 Å². The van der Waals surface area contributed by atoms with Gasteiger partial charge in [-0.2, -0.15) is 0 Å². The fourth-order valence-corrected chi connectivity index (χ4v) is 5.76. The molecular formula is C34H30O7S. The zero-order chi connectivity index (χ0) is 29.3. The number of esters is 3. The molecule has 5 atom stereocenters. The molecule has 0 amide bonds. The highest BCUT2D eigenvalue weighted by molar-refractivity contribution is 7.99. The molecular weight excluding hydrogens is 552 g/mol. The Bertz CT molecular complexity index is 1470. The van der Waals surface area contributed by atoms with Crippen molar-refractivity contribution in [3.63, 3.8) is 0 Å². The summed E-state index contributed by atoms with van der Waals surface area (Å²) in [4.78, 5) is 40.9. The summed E-state index contributed by atoms with van der Waals surface area (Å²) in [7, 11) is 0. The number of ether oxygens (including phenoxy) is 4. The van der Waals surface area contributed by atoms with Crippen LogP contribution in [0.5, 0.6) is 0 Å². The molecule has 0 radical (unpaired) electrons. The first-order valence-electron chi connectivity index (χ1n) is 13.7. The largest absolute Gasteiger partial charge is 0.452 e. The summed E-state index contributed by atoms with van der Waals surface area (Å²) in [6.45, 7) is 1.89. The molecule has 2 unspecified atom stereocenters. The summed E-state index contributed by atoms with van der Waals surface area (Å²) < 4.78 is 24.6. The number of hydrogen-bond donors (Lipinski definition) is 0. The average Bonchev–Trinajstić information content (AvgIpc) is 3.05. The monoisotopic (exact) mass is 582 g/mol. The lowest BCUT2D eigenvalue weighted by molar-refractivity contribution is -0.200. The number of thioether (sulfide) groups is 1. The van der Waals surface area contributed by atoms with Gasteiger partial charge in [-0.05, 0) is 55.0 Å². The Morgan fingerprint density at radius 1 is 0.571 bits per heavy atom. The van der Waals surface area contributed by atoms with Crippen molar-refractivity contribution in [2.45, 2.75) is 48.1 Å². The number of rotatable bonds is 9. The van der Waals surface area contributed by atoms with Crippen molar-refractivity contribution in [3.8, 4) is 0 Å². The second kappa shape index (κ2) is 14.0. The molecule has 5 rings (SSSR count). The Kier molecular flexibility index (Phi) is 9.69. The zero-order valence-electron chi connectivity index (χ0n) is 22.9. The normalized spacial score (nSPS) is 21.6. The van der Waals surface area contributed by atoms with Crippen LogP contribution < -0.4 is 0 Å². The maximum absolute atomic E-state index is 13.4. The van der Waals surface area contributed by atoms with Crippen molar-refractivity contribution in [1.82, 2.24) is 0 Å². The van der Waals surface area contributed by atoms with Crippen molar-refractivity contribution in [2.75, 3.05) is 0 Å². The molecule has 1 saturated heterocycles. The van der Waals surface area contributed by atoms with Crippen molar-refractivity contribution < 1.29 is 33.3 Å². The minimum absolute atomic E-state index is 0.311. The maximum Gasteiger partial charge on any atom is 0.338 e. The second-order valence-electron chi connectivity index (χ2n) is 9.59. The molecule has 7 nitrogen and oxygen atoms in total. The average molecular weight is 583 g/mol. The first-order valence-corrected chi connectivity index (χ1v) is 14.6.